The Hall–Kier alpha value is -2.73. The van der Waals surface area contributed by atoms with Crippen LogP contribution in [0.2, 0.25) is 0 Å². The van der Waals surface area contributed by atoms with Crippen LogP contribution in [0.3, 0.4) is 0 Å². The van der Waals surface area contributed by atoms with Gasteiger partial charge in [-0.15, -0.1) is 0 Å². The number of rotatable bonds is 7. The summed E-state index contributed by atoms with van der Waals surface area (Å²) in [7, 11) is 4.11. The summed E-state index contributed by atoms with van der Waals surface area (Å²) in [4.78, 5) is 13.7. The minimum Gasteiger partial charge on any atom is -0.489 e. The van der Waals surface area contributed by atoms with E-state index in [2.05, 4.69) is 31.1 Å². The van der Waals surface area contributed by atoms with Crippen molar-refractivity contribution in [2.24, 2.45) is 5.10 Å². The highest BCUT2D eigenvalue weighted by Gasteiger charge is 2.54. The third kappa shape index (κ3) is 3.42. The molecule has 5 nitrogen and oxygen atoms in total. The number of hydrogen-bond acceptors (Lipinski definition) is 5. The normalized spacial score (nSPS) is 22.7. The standard InChI is InChI=1S/C23H26FN3O2/c1-26(2)13-6-12-23(17-7-4-3-5-8-17)21(11-14-28)25-27-19-15-18(24)9-10-20(19)29-16-22(23)27/h3-5,7-10,14-15,22H,6,11-13,16H2,1-2H3/t22?,23-/m0/s1. The molecule has 0 aliphatic carbocycles. The first-order valence-corrected chi connectivity index (χ1v) is 9.99. The van der Waals surface area contributed by atoms with Gasteiger partial charge in [0, 0.05) is 12.5 Å². The molecule has 2 heterocycles. The molecule has 0 saturated carbocycles. The Kier molecular flexibility index (Phi) is 5.37. The second-order valence-corrected chi connectivity index (χ2v) is 7.95. The van der Waals surface area contributed by atoms with Gasteiger partial charge in [0.05, 0.1) is 11.1 Å². The average molecular weight is 395 g/mol. The number of nitrogens with zero attached hydrogens (tertiary/aromatic N) is 3. The monoisotopic (exact) mass is 395 g/mol. The van der Waals surface area contributed by atoms with Crippen molar-refractivity contribution in [3.8, 4) is 5.75 Å². The number of anilines is 1. The second kappa shape index (κ2) is 7.95. The van der Waals surface area contributed by atoms with Crippen molar-refractivity contribution in [1.29, 1.82) is 0 Å². The zero-order chi connectivity index (χ0) is 20.4. The average Bonchev–Trinajstić information content (AvgIpc) is 3.03. The van der Waals surface area contributed by atoms with Crippen molar-refractivity contribution in [3.63, 3.8) is 0 Å². The van der Waals surface area contributed by atoms with Gasteiger partial charge in [-0.25, -0.2) is 4.39 Å². The lowest BCUT2D eigenvalue weighted by Gasteiger charge is -2.42. The maximum absolute atomic E-state index is 14.0. The quantitative estimate of drug-likeness (QED) is 0.672. The molecule has 1 unspecified atom stereocenters. The van der Waals surface area contributed by atoms with Crippen LogP contribution in [0.15, 0.2) is 53.6 Å². The molecular weight excluding hydrogens is 369 g/mol. The van der Waals surface area contributed by atoms with Crippen molar-refractivity contribution >= 4 is 17.7 Å². The largest absolute Gasteiger partial charge is 0.489 e. The molecule has 0 N–H and O–H groups in total. The van der Waals surface area contributed by atoms with E-state index < -0.39 is 5.41 Å². The van der Waals surface area contributed by atoms with E-state index in [0.29, 0.717) is 18.0 Å². The zero-order valence-electron chi connectivity index (χ0n) is 16.8. The van der Waals surface area contributed by atoms with Crippen LogP contribution in [0, 0.1) is 5.82 Å². The molecule has 2 aliphatic rings. The molecule has 2 aliphatic heterocycles. The van der Waals surface area contributed by atoms with Crippen LogP contribution in [0.4, 0.5) is 10.1 Å². The van der Waals surface area contributed by atoms with Gasteiger partial charge in [-0.05, 0) is 51.2 Å². The summed E-state index contributed by atoms with van der Waals surface area (Å²) in [6.45, 7) is 1.36. The summed E-state index contributed by atoms with van der Waals surface area (Å²) in [6.07, 6.45) is 2.93. The Morgan fingerprint density at radius 1 is 1.28 bits per heavy atom. The van der Waals surface area contributed by atoms with Crippen LogP contribution in [-0.4, -0.2) is 50.2 Å². The van der Waals surface area contributed by atoms with Gasteiger partial charge in [0.15, 0.2) is 0 Å². The number of hydrogen-bond donors (Lipinski definition) is 0. The van der Waals surface area contributed by atoms with Crippen LogP contribution >= 0.6 is 0 Å². The molecule has 0 bridgehead atoms. The minimum absolute atomic E-state index is 0.128. The fourth-order valence-corrected chi connectivity index (χ4v) is 4.61. The number of hydrazone groups is 1. The molecular formula is C23H26FN3O2. The van der Waals surface area contributed by atoms with E-state index in [9.17, 15) is 9.18 Å². The number of halogens is 1. The van der Waals surface area contributed by atoms with Crippen LogP contribution in [0.25, 0.3) is 0 Å². The molecule has 0 saturated heterocycles. The summed E-state index contributed by atoms with van der Waals surface area (Å²) in [5.41, 5.74) is 2.11. The van der Waals surface area contributed by atoms with Crippen LogP contribution in [0.5, 0.6) is 5.75 Å². The van der Waals surface area contributed by atoms with Gasteiger partial charge >= 0.3 is 0 Å². The number of carbonyl (C=O) groups is 1. The molecule has 0 spiro atoms. The summed E-state index contributed by atoms with van der Waals surface area (Å²) in [5, 5.41) is 6.75. The summed E-state index contributed by atoms with van der Waals surface area (Å²) in [6, 6.07) is 14.6. The van der Waals surface area contributed by atoms with Crippen molar-refractivity contribution < 1.29 is 13.9 Å². The van der Waals surface area contributed by atoms with E-state index in [1.54, 1.807) is 6.07 Å². The minimum atomic E-state index is -0.456. The topological polar surface area (TPSA) is 45.1 Å². The predicted molar refractivity (Wildman–Crippen MR) is 112 cm³/mol. The first-order chi connectivity index (χ1) is 14.1. The van der Waals surface area contributed by atoms with Crippen LogP contribution < -0.4 is 9.75 Å². The van der Waals surface area contributed by atoms with E-state index in [0.717, 1.165) is 36.9 Å². The maximum atomic E-state index is 14.0. The van der Waals surface area contributed by atoms with Gasteiger partial charge < -0.3 is 14.4 Å². The Labute approximate surface area is 170 Å². The summed E-state index contributed by atoms with van der Waals surface area (Å²) in [5.74, 6) is 0.291. The Bertz CT molecular complexity index is 916. The molecule has 29 heavy (non-hydrogen) atoms. The Morgan fingerprint density at radius 2 is 2.07 bits per heavy atom. The lowest BCUT2D eigenvalue weighted by molar-refractivity contribution is -0.106. The fraction of sp³-hybridized carbons (Fsp3) is 0.391. The second-order valence-electron chi connectivity index (χ2n) is 7.95. The van der Waals surface area contributed by atoms with Crippen LogP contribution in [0.1, 0.15) is 24.8 Å². The maximum Gasteiger partial charge on any atom is 0.144 e. The predicted octanol–water partition coefficient (Wildman–Crippen LogP) is 3.63. The molecule has 0 fully saturated rings. The van der Waals surface area contributed by atoms with E-state index in [4.69, 9.17) is 9.84 Å². The third-order valence-electron chi connectivity index (χ3n) is 5.91. The van der Waals surface area contributed by atoms with E-state index >= 15 is 0 Å². The van der Waals surface area contributed by atoms with Gasteiger partial charge in [-0.3, -0.25) is 5.01 Å². The molecule has 0 amide bonds. The van der Waals surface area contributed by atoms with Crippen molar-refractivity contribution in [2.45, 2.75) is 30.7 Å². The smallest absolute Gasteiger partial charge is 0.144 e. The lowest BCUT2D eigenvalue weighted by Crippen LogP contribution is -2.52. The number of fused-ring (bicyclic) bond motifs is 3. The van der Waals surface area contributed by atoms with Gasteiger partial charge in [-0.2, -0.15) is 5.10 Å². The third-order valence-corrected chi connectivity index (χ3v) is 5.91. The molecule has 2 aromatic carbocycles. The Morgan fingerprint density at radius 3 is 2.79 bits per heavy atom. The first-order valence-electron chi connectivity index (χ1n) is 9.99. The molecule has 2 atom stereocenters. The summed E-state index contributed by atoms with van der Waals surface area (Å²) < 4.78 is 20.1. The molecule has 6 heteroatoms. The summed E-state index contributed by atoms with van der Waals surface area (Å²) >= 11 is 0. The van der Waals surface area contributed by atoms with Crippen molar-refractivity contribution in [3.05, 3.63) is 59.9 Å². The van der Waals surface area contributed by atoms with E-state index in [-0.39, 0.29) is 18.3 Å². The zero-order valence-corrected chi connectivity index (χ0v) is 16.8. The highest BCUT2D eigenvalue weighted by molar-refractivity contribution is 6.05. The molecule has 2 aromatic rings. The fourth-order valence-electron chi connectivity index (χ4n) is 4.61. The van der Waals surface area contributed by atoms with Crippen molar-refractivity contribution in [1.82, 2.24) is 4.90 Å². The van der Waals surface area contributed by atoms with Gasteiger partial charge in [0.2, 0.25) is 0 Å². The number of carbonyl (C=O) groups excluding carboxylic acids is 1. The lowest BCUT2D eigenvalue weighted by atomic mass is 9.67. The van der Waals surface area contributed by atoms with Gasteiger partial charge in [0.25, 0.3) is 0 Å². The van der Waals surface area contributed by atoms with Gasteiger partial charge in [0.1, 0.15) is 36.2 Å². The van der Waals surface area contributed by atoms with Gasteiger partial charge in [-0.1, -0.05) is 30.3 Å². The Balaban J connectivity index is 1.83. The highest BCUT2D eigenvalue weighted by Crippen LogP contribution is 2.48. The molecule has 0 radical (unpaired) electrons. The number of benzene rings is 2. The number of ether oxygens (including phenoxy) is 1. The highest BCUT2D eigenvalue weighted by atomic mass is 19.1. The molecule has 152 valence electrons. The van der Waals surface area contributed by atoms with E-state index in [1.807, 2.05) is 23.2 Å². The van der Waals surface area contributed by atoms with E-state index in [1.165, 1.54) is 12.1 Å². The number of aldehydes is 1. The first kappa shape index (κ1) is 19.6. The van der Waals surface area contributed by atoms with Crippen molar-refractivity contribution in [2.75, 3.05) is 32.3 Å². The SMILES string of the molecule is CN(C)CCC[C@]1(c2ccccc2)C(CC=O)=NN2c3cc(F)ccc3OCC21. The van der Waals surface area contributed by atoms with Crippen LogP contribution in [-0.2, 0) is 10.2 Å². The molecule has 0 aromatic heterocycles. The molecule has 4 rings (SSSR count).